The molecule has 0 unspecified atom stereocenters. The molecular formula is C16H13N3O3S. The molecule has 3 aromatic rings. The molecule has 0 spiro atoms. The Morgan fingerprint density at radius 1 is 1.09 bits per heavy atom. The van der Waals surface area contributed by atoms with Gasteiger partial charge in [-0.25, -0.2) is 0 Å². The number of amides is 1. The van der Waals surface area contributed by atoms with Crippen LogP contribution in [0.2, 0.25) is 0 Å². The van der Waals surface area contributed by atoms with Gasteiger partial charge in [-0.3, -0.25) is 10.1 Å². The number of carbonyl (C=O) groups is 1. The number of thioether (sulfide) groups is 1. The Kier molecular flexibility index (Phi) is 4.58. The van der Waals surface area contributed by atoms with E-state index < -0.39 is 0 Å². The van der Waals surface area contributed by atoms with Crippen LogP contribution in [0.4, 0.5) is 6.01 Å². The van der Waals surface area contributed by atoms with Gasteiger partial charge < -0.3 is 9.52 Å². The highest BCUT2D eigenvalue weighted by atomic mass is 32.2. The molecule has 7 heteroatoms. The summed E-state index contributed by atoms with van der Waals surface area (Å²) in [4.78, 5) is 12.8. The smallest absolute Gasteiger partial charge is 0.322 e. The summed E-state index contributed by atoms with van der Waals surface area (Å²) in [7, 11) is 0. The van der Waals surface area contributed by atoms with Gasteiger partial charge in [0.15, 0.2) is 0 Å². The molecule has 0 aliphatic heterocycles. The maximum atomic E-state index is 11.9. The first-order valence-electron chi connectivity index (χ1n) is 6.81. The zero-order valence-corrected chi connectivity index (χ0v) is 12.8. The van der Waals surface area contributed by atoms with Crippen LogP contribution in [0.5, 0.6) is 5.75 Å². The van der Waals surface area contributed by atoms with Crippen LogP contribution in [0.3, 0.4) is 0 Å². The fourth-order valence-corrected chi connectivity index (χ4v) is 2.52. The Morgan fingerprint density at radius 3 is 2.57 bits per heavy atom. The fourth-order valence-electron chi connectivity index (χ4n) is 1.82. The minimum Gasteiger partial charge on any atom is -0.508 e. The lowest BCUT2D eigenvalue weighted by atomic mass is 10.2. The summed E-state index contributed by atoms with van der Waals surface area (Å²) in [5.41, 5.74) is 0.791. The van der Waals surface area contributed by atoms with Crippen molar-refractivity contribution in [2.75, 3.05) is 11.1 Å². The summed E-state index contributed by atoms with van der Waals surface area (Å²) in [6.07, 6.45) is 0. The second-order valence-corrected chi connectivity index (χ2v) is 5.66. The second-order valence-electron chi connectivity index (χ2n) is 4.61. The molecule has 6 nitrogen and oxygen atoms in total. The van der Waals surface area contributed by atoms with Crippen molar-refractivity contribution in [2.24, 2.45) is 0 Å². The molecule has 1 aromatic heterocycles. The Hall–Kier alpha value is -2.80. The number of phenols is 1. The van der Waals surface area contributed by atoms with Gasteiger partial charge in [-0.1, -0.05) is 23.3 Å². The third-order valence-corrected chi connectivity index (χ3v) is 3.91. The lowest BCUT2D eigenvalue weighted by Crippen LogP contribution is -2.14. The number of aromatic nitrogens is 2. The van der Waals surface area contributed by atoms with Gasteiger partial charge in [0.05, 0.1) is 5.75 Å². The first-order chi connectivity index (χ1) is 11.2. The summed E-state index contributed by atoms with van der Waals surface area (Å²) in [5.74, 6) is 0.505. The SMILES string of the molecule is O=C(CSc1ccc(O)cc1)Nc1nnc(-c2ccccc2)o1. The highest BCUT2D eigenvalue weighted by Crippen LogP contribution is 2.22. The molecule has 0 aliphatic carbocycles. The van der Waals surface area contributed by atoms with E-state index in [-0.39, 0.29) is 23.4 Å². The van der Waals surface area contributed by atoms with E-state index in [2.05, 4.69) is 15.5 Å². The monoisotopic (exact) mass is 327 g/mol. The molecule has 1 amide bonds. The van der Waals surface area contributed by atoms with Crippen molar-refractivity contribution in [3.8, 4) is 17.2 Å². The van der Waals surface area contributed by atoms with E-state index in [9.17, 15) is 9.90 Å². The van der Waals surface area contributed by atoms with Gasteiger partial charge in [-0.05, 0) is 36.4 Å². The maximum absolute atomic E-state index is 11.9. The molecule has 0 radical (unpaired) electrons. The predicted octanol–water partition coefficient (Wildman–Crippen LogP) is 3.17. The third-order valence-electron chi connectivity index (χ3n) is 2.90. The summed E-state index contributed by atoms with van der Waals surface area (Å²) in [5, 5.41) is 19.5. The molecule has 0 atom stereocenters. The fraction of sp³-hybridized carbons (Fsp3) is 0.0625. The topological polar surface area (TPSA) is 88.2 Å². The number of benzene rings is 2. The lowest BCUT2D eigenvalue weighted by molar-refractivity contribution is -0.113. The number of carbonyl (C=O) groups excluding carboxylic acids is 1. The highest BCUT2D eigenvalue weighted by Gasteiger charge is 2.11. The van der Waals surface area contributed by atoms with Crippen molar-refractivity contribution in [2.45, 2.75) is 4.90 Å². The second kappa shape index (κ2) is 6.97. The Bertz CT molecular complexity index is 788. The molecule has 0 aliphatic rings. The zero-order valence-electron chi connectivity index (χ0n) is 12.0. The zero-order chi connectivity index (χ0) is 16.1. The van der Waals surface area contributed by atoms with Gasteiger partial charge in [0, 0.05) is 10.5 Å². The van der Waals surface area contributed by atoms with Crippen LogP contribution in [0, 0.1) is 0 Å². The average molecular weight is 327 g/mol. The summed E-state index contributed by atoms with van der Waals surface area (Å²) in [6, 6.07) is 16.0. The van der Waals surface area contributed by atoms with Crippen LogP contribution in [-0.2, 0) is 4.79 Å². The van der Waals surface area contributed by atoms with Gasteiger partial charge in [0.25, 0.3) is 0 Å². The molecule has 1 heterocycles. The van der Waals surface area contributed by atoms with Gasteiger partial charge in [0.2, 0.25) is 11.8 Å². The lowest BCUT2D eigenvalue weighted by Gasteiger charge is -2.01. The standard InChI is InChI=1S/C16H13N3O3S/c20-12-6-8-13(9-7-12)23-10-14(21)17-16-19-18-15(22-16)11-4-2-1-3-5-11/h1-9,20H,10H2,(H,17,19,21). The molecular weight excluding hydrogens is 314 g/mol. The molecule has 3 rings (SSSR count). The van der Waals surface area contributed by atoms with Crippen molar-refractivity contribution in [1.82, 2.24) is 10.2 Å². The predicted molar refractivity (Wildman–Crippen MR) is 87.2 cm³/mol. The Balaban J connectivity index is 1.56. The summed E-state index contributed by atoms with van der Waals surface area (Å²) in [6.45, 7) is 0. The van der Waals surface area contributed by atoms with E-state index >= 15 is 0 Å². The van der Waals surface area contributed by atoms with E-state index in [1.807, 2.05) is 30.3 Å². The number of nitrogens with one attached hydrogen (secondary N) is 1. The number of phenolic OH excluding ortho intramolecular Hbond substituents is 1. The van der Waals surface area contributed by atoms with Crippen molar-refractivity contribution in [3.63, 3.8) is 0 Å². The third kappa shape index (κ3) is 4.10. The van der Waals surface area contributed by atoms with Crippen molar-refractivity contribution in [3.05, 3.63) is 54.6 Å². The minimum absolute atomic E-state index is 0.0696. The molecule has 0 saturated heterocycles. The Labute approximate surface area is 136 Å². The van der Waals surface area contributed by atoms with Crippen LogP contribution < -0.4 is 5.32 Å². The first kappa shape index (κ1) is 15.1. The summed E-state index contributed by atoms with van der Waals surface area (Å²) < 4.78 is 5.41. The summed E-state index contributed by atoms with van der Waals surface area (Å²) >= 11 is 1.35. The molecule has 2 aromatic carbocycles. The minimum atomic E-state index is -0.244. The largest absolute Gasteiger partial charge is 0.508 e. The van der Waals surface area contributed by atoms with E-state index in [1.54, 1.807) is 24.3 Å². The van der Waals surface area contributed by atoms with E-state index in [0.717, 1.165) is 10.5 Å². The van der Waals surface area contributed by atoms with E-state index in [4.69, 9.17) is 4.42 Å². The number of anilines is 1. The van der Waals surface area contributed by atoms with Crippen LogP contribution in [0.25, 0.3) is 11.5 Å². The van der Waals surface area contributed by atoms with Gasteiger partial charge >= 0.3 is 6.01 Å². The van der Waals surface area contributed by atoms with Gasteiger partial charge in [-0.15, -0.1) is 16.9 Å². The van der Waals surface area contributed by atoms with Gasteiger partial charge in [0.1, 0.15) is 5.75 Å². The number of aromatic hydroxyl groups is 1. The van der Waals surface area contributed by atoms with Gasteiger partial charge in [-0.2, -0.15) is 0 Å². The van der Waals surface area contributed by atoms with Crippen molar-refractivity contribution >= 4 is 23.7 Å². The van der Waals surface area contributed by atoms with Crippen LogP contribution >= 0.6 is 11.8 Å². The van der Waals surface area contributed by atoms with Crippen LogP contribution in [0.1, 0.15) is 0 Å². The normalized spacial score (nSPS) is 10.4. The number of rotatable bonds is 5. The van der Waals surface area contributed by atoms with Crippen molar-refractivity contribution in [1.29, 1.82) is 0 Å². The molecule has 0 fully saturated rings. The molecule has 23 heavy (non-hydrogen) atoms. The molecule has 116 valence electrons. The first-order valence-corrected chi connectivity index (χ1v) is 7.80. The van der Waals surface area contributed by atoms with Crippen molar-refractivity contribution < 1.29 is 14.3 Å². The molecule has 0 saturated carbocycles. The molecule has 0 bridgehead atoms. The van der Waals surface area contributed by atoms with E-state index in [1.165, 1.54) is 11.8 Å². The number of hydrogen-bond acceptors (Lipinski definition) is 6. The Morgan fingerprint density at radius 2 is 1.83 bits per heavy atom. The number of hydrogen-bond donors (Lipinski definition) is 2. The number of nitrogens with zero attached hydrogens (tertiary/aromatic N) is 2. The maximum Gasteiger partial charge on any atom is 0.322 e. The quantitative estimate of drug-likeness (QED) is 0.700. The average Bonchev–Trinajstić information content (AvgIpc) is 3.04. The van der Waals surface area contributed by atoms with Crippen LogP contribution in [0.15, 0.2) is 63.9 Å². The van der Waals surface area contributed by atoms with E-state index in [0.29, 0.717) is 5.89 Å². The molecule has 2 N–H and O–H groups in total. The van der Waals surface area contributed by atoms with Crippen LogP contribution in [-0.4, -0.2) is 27.0 Å². The highest BCUT2D eigenvalue weighted by molar-refractivity contribution is 8.00.